The molecule has 0 aliphatic carbocycles. The van der Waals surface area contributed by atoms with Crippen molar-refractivity contribution >= 4 is 10.4 Å². The second-order valence-corrected chi connectivity index (χ2v) is 10.7. The fourth-order valence-electron chi connectivity index (χ4n) is 4.68. The molecule has 1 rings (SSSR count). The van der Waals surface area contributed by atoms with Crippen molar-refractivity contribution in [3.8, 4) is 0 Å². The molecule has 0 spiro atoms. The third kappa shape index (κ3) is 16.6. The summed E-state index contributed by atoms with van der Waals surface area (Å²) in [7, 11) is -3.69. The van der Waals surface area contributed by atoms with Gasteiger partial charge < -0.3 is 29.6 Å². The summed E-state index contributed by atoms with van der Waals surface area (Å²) < 4.78 is 48.7. The predicted octanol–water partition coefficient (Wildman–Crippen LogP) is 0.780. The van der Waals surface area contributed by atoms with Gasteiger partial charge in [-0.25, -0.2) is 8.42 Å². The van der Waals surface area contributed by atoms with Crippen molar-refractivity contribution in [3.05, 3.63) is 0 Å². The number of unbranched alkanes of at least 4 members (excludes halogenated alkanes) is 15. The Kier molecular flexibility index (Phi) is 22.9. The third-order valence-electron chi connectivity index (χ3n) is 6.73. The minimum absolute atomic E-state index is 0. The van der Waals surface area contributed by atoms with E-state index in [2.05, 4.69) is 16.4 Å². The number of hydrogen-bond acceptors (Lipinski definition) is 9. The zero-order chi connectivity index (χ0) is 25.9. The number of aliphatic hydroxyl groups is 2. The average Bonchev–Trinajstić information content (AvgIpc) is 2.82. The Morgan fingerprint density at radius 3 is 1.69 bits per heavy atom. The third-order valence-corrected chi connectivity index (χ3v) is 7.18. The summed E-state index contributed by atoms with van der Waals surface area (Å²) >= 11 is 0. The molecule has 1 aliphatic heterocycles. The fraction of sp³-hybridized carbons (Fsp3) is 1.00. The Hall–Kier alpha value is 0.670. The van der Waals surface area contributed by atoms with Gasteiger partial charge in [-0.3, -0.25) is 4.18 Å². The number of hydrogen-bond donors (Lipinski definition) is 3. The molecule has 1 unspecified atom stereocenters. The summed E-state index contributed by atoms with van der Waals surface area (Å²) in [6.45, 7) is 2.22. The molecule has 0 aromatic heterocycles. The molecule has 0 saturated carbocycles. The van der Waals surface area contributed by atoms with Gasteiger partial charge in [0.15, 0.2) is 6.29 Å². The summed E-state index contributed by atoms with van der Waals surface area (Å²) in [4.78, 5) is 0. The first kappa shape index (κ1) is 36.7. The van der Waals surface area contributed by atoms with E-state index in [9.17, 15) is 23.2 Å². The zero-order valence-electron chi connectivity index (χ0n) is 22.9. The van der Waals surface area contributed by atoms with E-state index in [-0.39, 0.29) is 29.6 Å². The number of nitrogens with one attached hydrogen (secondary N) is 1. The molecule has 1 saturated heterocycles. The average molecular weight is 548 g/mol. The van der Waals surface area contributed by atoms with Gasteiger partial charge in [0.1, 0.15) is 18.3 Å². The molecule has 1 heterocycles. The van der Waals surface area contributed by atoms with Gasteiger partial charge in [-0.05, 0) is 13.0 Å². The maximum Gasteiger partial charge on any atom is 1.00 e. The van der Waals surface area contributed by atoms with E-state index in [1.54, 1.807) is 0 Å². The van der Waals surface area contributed by atoms with Gasteiger partial charge in [-0.15, -0.1) is 0 Å². The van der Waals surface area contributed by atoms with Crippen LogP contribution in [0.3, 0.4) is 0 Å². The Balaban J connectivity index is 0.0000122. The molecule has 0 aromatic rings. The Bertz CT molecular complexity index is 613. The van der Waals surface area contributed by atoms with E-state index in [0.717, 1.165) is 19.3 Å². The van der Waals surface area contributed by atoms with Gasteiger partial charge in [0.25, 0.3) is 0 Å². The van der Waals surface area contributed by atoms with Crippen LogP contribution < -0.4 is 34.9 Å². The van der Waals surface area contributed by atoms with E-state index < -0.39 is 47.6 Å². The van der Waals surface area contributed by atoms with Gasteiger partial charge in [0, 0.05) is 7.11 Å². The van der Waals surface area contributed by atoms with Gasteiger partial charge in [0.05, 0.1) is 12.6 Å². The molecule has 1 aliphatic rings. The Morgan fingerprint density at radius 2 is 1.31 bits per heavy atom. The summed E-state index contributed by atoms with van der Waals surface area (Å²) in [5.74, 6) is 0. The SMILES string of the molecule is CCCCCCCCCCCCCCCCCCN[C@H]1C(OC)O[C@H](CO)[C@H](O)[C@@H]1OS(=O)(=O)[O-].[Na+]. The van der Waals surface area contributed by atoms with Crippen molar-refractivity contribution in [2.45, 2.75) is 140 Å². The summed E-state index contributed by atoms with van der Waals surface area (Å²) in [5.41, 5.74) is 0. The number of rotatable bonds is 22. The molecule has 210 valence electrons. The van der Waals surface area contributed by atoms with Gasteiger partial charge >= 0.3 is 29.6 Å². The van der Waals surface area contributed by atoms with Gasteiger partial charge in [-0.1, -0.05) is 103 Å². The maximum atomic E-state index is 11.2. The van der Waals surface area contributed by atoms with E-state index in [0.29, 0.717) is 6.54 Å². The van der Waals surface area contributed by atoms with Crippen molar-refractivity contribution in [1.82, 2.24) is 5.32 Å². The van der Waals surface area contributed by atoms with Crippen molar-refractivity contribution < 1.29 is 66.4 Å². The van der Waals surface area contributed by atoms with Crippen LogP contribution in [0.2, 0.25) is 0 Å². The minimum Gasteiger partial charge on any atom is -0.726 e. The van der Waals surface area contributed by atoms with Crippen LogP contribution in [-0.4, -0.2) is 74.1 Å². The molecule has 1 fully saturated rings. The maximum absolute atomic E-state index is 11.2. The molecule has 9 nitrogen and oxygen atoms in total. The second kappa shape index (κ2) is 22.5. The van der Waals surface area contributed by atoms with E-state index >= 15 is 0 Å². The molecule has 0 radical (unpaired) electrons. The topological polar surface area (TPSA) is 137 Å². The molecule has 0 amide bonds. The second-order valence-electron chi connectivity index (χ2n) is 9.70. The fourth-order valence-corrected chi connectivity index (χ4v) is 5.18. The van der Waals surface area contributed by atoms with E-state index in [1.165, 1.54) is 90.6 Å². The van der Waals surface area contributed by atoms with Gasteiger partial charge in [-0.2, -0.15) is 0 Å². The summed E-state index contributed by atoms with van der Waals surface area (Å²) in [6, 6.07) is -0.863. The Labute approximate surface area is 241 Å². The first-order valence-corrected chi connectivity index (χ1v) is 15.0. The number of ether oxygens (including phenoxy) is 2. The van der Waals surface area contributed by atoms with Gasteiger partial charge in [0.2, 0.25) is 10.4 Å². The van der Waals surface area contributed by atoms with Crippen LogP contribution in [-0.2, 0) is 24.1 Å². The number of aliphatic hydroxyl groups excluding tert-OH is 2. The van der Waals surface area contributed by atoms with Crippen LogP contribution in [0.15, 0.2) is 0 Å². The number of methoxy groups -OCH3 is 1. The molecular weight excluding hydrogens is 497 g/mol. The molecule has 5 atom stereocenters. The van der Waals surface area contributed by atoms with E-state index in [1.807, 2.05) is 0 Å². The van der Waals surface area contributed by atoms with E-state index in [4.69, 9.17) is 9.47 Å². The van der Waals surface area contributed by atoms with Crippen LogP contribution in [0.4, 0.5) is 0 Å². The molecule has 3 N–H and O–H groups in total. The van der Waals surface area contributed by atoms with Crippen molar-refractivity contribution in [2.75, 3.05) is 20.3 Å². The molecule has 0 bridgehead atoms. The smallest absolute Gasteiger partial charge is 0.726 e. The zero-order valence-corrected chi connectivity index (χ0v) is 25.7. The molecule has 36 heavy (non-hydrogen) atoms. The van der Waals surface area contributed by atoms with Crippen LogP contribution in [0.25, 0.3) is 0 Å². The predicted molar refractivity (Wildman–Crippen MR) is 135 cm³/mol. The largest absolute Gasteiger partial charge is 1.00 e. The molecular formula is C25H50NNaO8S. The normalized spacial score (nSPS) is 24.5. The summed E-state index contributed by atoms with van der Waals surface area (Å²) in [5, 5.41) is 22.8. The first-order chi connectivity index (χ1) is 16.8. The Morgan fingerprint density at radius 1 is 0.861 bits per heavy atom. The first-order valence-electron chi connectivity index (χ1n) is 13.7. The van der Waals surface area contributed by atoms with Crippen LogP contribution in [0.5, 0.6) is 0 Å². The van der Waals surface area contributed by atoms with Crippen LogP contribution in [0, 0.1) is 0 Å². The molecule has 0 aromatic carbocycles. The minimum atomic E-state index is -5.06. The van der Waals surface area contributed by atoms with Crippen molar-refractivity contribution in [3.63, 3.8) is 0 Å². The van der Waals surface area contributed by atoms with Crippen LogP contribution in [0.1, 0.15) is 110 Å². The summed E-state index contributed by atoms with van der Waals surface area (Å²) in [6.07, 6.45) is 15.4. The van der Waals surface area contributed by atoms with Crippen molar-refractivity contribution in [2.24, 2.45) is 0 Å². The molecule has 11 heteroatoms. The standard InChI is InChI=1S/C25H51NO8S.Na/c1-3-4-5-6-7-8-9-10-11-12-13-14-15-16-17-18-19-26-22-24(34-35(29,30)31)23(28)21(20-27)33-25(22)32-2;/h21-28H,3-20H2,1-2H3,(H,29,30,31);/q;+1/p-1/t21-,22-,23+,24-,25?;/m1./s1. The van der Waals surface area contributed by atoms with Crippen LogP contribution >= 0.6 is 0 Å². The monoisotopic (exact) mass is 547 g/mol. The quantitative estimate of drug-likeness (QED) is 0.0777. The van der Waals surface area contributed by atoms with Crippen molar-refractivity contribution in [1.29, 1.82) is 0 Å².